The second kappa shape index (κ2) is 8.74. The first-order valence-corrected chi connectivity index (χ1v) is 9.51. The van der Waals surface area contributed by atoms with Gasteiger partial charge in [0.2, 0.25) is 0 Å². The number of piperazine rings is 1. The highest BCUT2D eigenvalue weighted by Crippen LogP contribution is 2.21. The van der Waals surface area contributed by atoms with E-state index in [1.165, 1.54) is 0 Å². The smallest absolute Gasteiger partial charge is 0.321 e. The van der Waals surface area contributed by atoms with Crippen LogP contribution in [-0.2, 0) is 6.54 Å². The number of carbonyl (C=O) groups excluding carboxylic acids is 1. The molecule has 0 aliphatic carbocycles. The van der Waals surface area contributed by atoms with E-state index in [9.17, 15) is 4.79 Å². The highest BCUT2D eigenvalue weighted by molar-refractivity contribution is 5.89. The Hall–Kier alpha value is -3.39. The van der Waals surface area contributed by atoms with Crippen LogP contribution in [0.1, 0.15) is 5.82 Å². The lowest BCUT2D eigenvalue weighted by molar-refractivity contribution is 0.140. The third-order valence-corrected chi connectivity index (χ3v) is 4.85. The Bertz CT molecular complexity index is 934. The molecule has 1 aliphatic heterocycles. The fourth-order valence-electron chi connectivity index (χ4n) is 3.20. The van der Waals surface area contributed by atoms with Gasteiger partial charge in [0.1, 0.15) is 5.75 Å². The molecule has 2 heterocycles. The van der Waals surface area contributed by atoms with Gasteiger partial charge < -0.3 is 19.5 Å². The Kier molecular flexibility index (Phi) is 5.71. The molecule has 1 fully saturated rings. The molecule has 1 aromatic heterocycles. The van der Waals surface area contributed by atoms with Gasteiger partial charge in [0.25, 0.3) is 5.89 Å². The van der Waals surface area contributed by atoms with Gasteiger partial charge in [0.15, 0.2) is 5.82 Å². The summed E-state index contributed by atoms with van der Waals surface area (Å²) in [7, 11) is 1.63. The number of ether oxygens (including phenoxy) is 1. The molecule has 0 unspecified atom stereocenters. The molecule has 2 aromatic carbocycles. The zero-order valence-corrected chi connectivity index (χ0v) is 16.2. The van der Waals surface area contributed by atoms with Gasteiger partial charge in [-0.2, -0.15) is 4.98 Å². The van der Waals surface area contributed by atoms with Crippen LogP contribution in [0.4, 0.5) is 10.5 Å². The van der Waals surface area contributed by atoms with Gasteiger partial charge in [0, 0.05) is 37.4 Å². The summed E-state index contributed by atoms with van der Waals surface area (Å²) in [6, 6.07) is 16.9. The van der Waals surface area contributed by atoms with E-state index in [4.69, 9.17) is 9.26 Å². The molecule has 1 N–H and O–H groups in total. The number of rotatable bonds is 5. The summed E-state index contributed by atoms with van der Waals surface area (Å²) in [4.78, 5) is 20.9. The van der Waals surface area contributed by atoms with Crippen molar-refractivity contribution in [2.75, 3.05) is 38.6 Å². The summed E-state index contributed by atoms with van der Waals surface area (Å²) in [6.07, 6.45) is 0. The molecule has 0 bridgehead atoms. The van der Waals surface area contributed by atoms with Crippen LogP contribution in [-0.4, -0.2) is 59.3 Å². The number of hydrogen-bond donors (Lipinski definition) is 1. The molecule has 1 aliphatic rings. The van der Waals surface area contributed by atoms with E-state index in [1.54, 1.807) is 7.11 Å². The maximum atomic E-state index is 12.4. The molecule has 0 atom stereocenters. The van der Waals surface area contributed by atoms with Crippen molar-refractivity contribution in [1.29, 1.82) is 0 Å². The van der Waals surface area contributed by atoms with Crippen molar-refractivity contribution >= 4 is 11.7 Å². The number of nitrogens with one attached hydrogen (secondary N) is 1. The van der Waals surface area contributed by atoms with Crippen molar-refractivity contribution in [3.05, 3.63) is 60.4 Å². The summed E-state index contributed by atoms with van der Waals surface area (Å²) in [5, 5.41) is 7.01. The molecule has 8 nitrogen and oxygen atoms in total. The molecule has 3 aromatic rings. The first-order valence-electron chi connectivity index (χ1n) is 9.51. The van der Waals surface area contributed by atoms with Crippen molar-refractivity contribution in [1.82, 2.24) is 19.9 Å². The van der Waals surface area contributed by atoms with Crippen LogP contribution >= 0.6 is 0 Å². The van der Waals surface area contributed by atoms with E-state index in [2.05, 4.69) is 20.4 Å². The van der Waals surface area contributed by atoms with Gasteiger partial charge >= 0.3 is 6.03 Å². The minimum atomic E-state index is -0.0720. The molecule has 4 rings (SSSR count). The Morgan fingerprint density at radius 3 is 2.48 bits per heavy atom. The molecular weight excluding hydrogens is 370 g/mol. The van der Waals surface area contributed by atoms with Crippen LogP contribution in [0.15, 0.2) is 59.1 Å². The third kappa shape index (κ3) is 4.72. The molecule has 8 heteroatoms. The van der Waals surface area contributed by atoms with Crippen molar-refractivity contribution in [2.24, 2.45) is 0 Å². The molecular formula is C21H23N5O3. The Labute approximate surface area is 169 Å². The number of hydrogen-bond acceptors (Lipinski definition) is 6. The zero-order chi connectivity index (χ0) is 20.1. The average molecular weight is 393 g/mol. The zero-order valence-electron chi connectivity index (χ0n) is 16.2. The quantitative estimate of drug-likeness (QED) is 0.717. The summed E-state index contributed by atoms with van der Waals surface area (Å²) >= 11 is 0. The predicted octanol–water partition coefficient (Wildman–Crippen LogP) is 3.09. The van der Waals surface area contributed by atoms with Gasteiger partial charge in [-0.1, -0.05) is 23.4 Å². The Balaban J connectivity index is 1.28. The fourth-order valence-corrected chi connectivity index (χ4v) is 3.20. The standard InChI is InChI=1S/C21H23N5O3/c1-28-18-9-7-16(8-10-18)20-23-19(24-29-20)15-25-11-13-26(14-12-25)21(27)22-17-5-3-2-4-6-17/h2-10H,11-15H2,1H3,(H,22,27). The molecule has 1 saturated heterocycles. The first kappa shape index (κ1) is 18.9. The van der Waals surface area contributed by atoms with Gasteiger partial charge in [-0.15, -0.1) is 0 Å². The van der Waals surface area contributed by atoms with E-state index in [1.807, 2.05) is 59.5 Å². The maximum absolute atomic E-state index is 12.4. The lowest BCUT2D eigenvalue weighted by Crippen LogP contribution is -2.49. The number of nitrogens with zero attached hydrogens (tertiary/aromatic N) is 4. The Morgan fingerprint density at radius 1 is 1.07 bits per heavy atom. The number of carbonyl (C=O) groups is 1. The largest absolute Gasteiger partial charge is 0.497 e. The Morgan fingerprint density at radius 2 is 1.79 bits per heavy atom. The number of methoxy groups -OCH3 is 1. The monoisotopic (exact) mass is 393 g/mol. The van der Waals surface area contributed by atoms with E-state index in [-0.39, 0.29) is 6.03 Å². The molecule has 0 spiro atoms. The minimum absolute atomic E-state index is 0.0720. The molecule has 29 heavy (non-hydrogen) atoms. The SMILES string of the molecule is COc1ccc(-c2nc(CN3CCN(C(=O)Nc4ccccc4)CC3)no2)cc1. The van der Waals surface area contributed by atoms with E-state index in [0.29, 0.717) is 31.3 Å². The van der Waals surface area contributed by atoms with Crippen LogP contribution in [0, 0.1) is 0 Å². The summed E-state index contributed by atoms with van der Waals surface area (Å²) in [5.74, 6) is 1.91. The third-order valence-electron chi connectivity index (χ3n) is 4.85. The van der Waals surface area contributed by atoms with Crippen LogP contribution in [0.2, 0.25) is 0 Å². The van der Waals surface area contributed by atoms with Crippen molar-refractivity contribution in [2.45, 2.75) is 6.54 Å². The summed E-state index contributed by atoms with van der Waals surface area (Å²) in [6.45, 7) is 3.42. The van der Waals surface area contributed by atoms with E-state index in [0.717, 1.165) is 30.1 Å². The topological polar surface area (TPSA) is 83.7 Å². The van der Waals surface area contributed by atoms with Crippen molar-refractivity contribution < 1.29 is 14.1 Å². The summed E-state index contributed by atoms with van der Waals surface area (Å²) < 4.78 is 10.6. The number of para-hydroxylation sites is 1. The fraction of sp³-hybridized carbons (Fsp3) is 0.286. The van der Waals surface area contributed by atoms with Crippen LogP contribution in [0.3, 0.4) is 0 Å². The van der Waals surface area contributed by atoms with Crippen LogP contribution < -0.4 is 10.1 Å². The lowest BCUT2D eigenvalue weighted by atomic mass is 10.2. The van der Waals surface area contributed by atoms with Crippen LogP contribution in [0.25, 0.3) is 11.5 Å². The second-order valence-corrected chi connectivity index (χ2v) is 6.80. The van der Waals surface area contributed by atoms with Gasteiger partial charge in [-0.05, 0) is 36.4 Å². The molecule has 2 amide bonds. The number of anilines is 1. The predicted molar refractivity (Wildman–Crippen MR) is 109 cm³/mol. The van der Waals surface area contributed by atoms with Gasteiger partial charge in [-0.3, -0.25) is 4.90 Å². The molecule has 0 saturated carbocycles. The second-order valence-electron chi connectivity index (χ2n) is 6.80. The average Bonchev–Trinajstić information content (AvgIpc) is 3.23. The van der Waals surface area contributed by atoms with Crippen LogP contribution in [0.5, 0.6) is 5.75 Å². The number of benzene rings is 2. The summed E-state index contributed by atoms with van der Waals surface area (Å²) in [5.41, 5.74) is 1.66. The van der Waals surface area contributed by atoms with Crippen molar-refractivity contribution in [3.8, 4) is 17.2 Å². The number of amides is 2. The normalized spacial score (nSPS) is 14.6. The van der Waals surface area contributed by atoms with Gasteiger partial charge in [-0.25, -0.2) is 4.79 Å². The molecule has 0 radical (unpaired) electrons. The van der Waals surface area contributed by atoms with E-state index >= 15 is 0 Å². The number of aromatic nitrogens is 2. The maximum Gasteiger partial charge on any atom is 0.321 e. The van der Waals surface area contributed by atoms with Crippen molar-refractivity contribution in [3.63, 3.8) is 0 Å². The van der Waals surface area contributed by atoms with Gasteiger partial charge in [0.05, 0.1) is 13.7 Å². The highest BCUT2D eigenvalue weighted by Gasteiger charge is 2.22. The first-order chi connectivity index (χ1) is 14.2. The highest BCUT2D eigenvalue weighted by atomic mass is 16.5. The van der Waals surface area contributed by atoms with E-state index < -0.39 is 0 Å². The number of urea groups is 1. The lowest BCUT2D eigenvalue weighted by Gasteiger charge is -2.34. The molecule has 150 valence electrons. The minimum Gasteiger partial charge on any atom is -0.497 e.